The van der Waals surface area contributed by atoms with Gasteiger partial charge in [-0.25, -0.2) is 0 Å². The predicted octanol–water partition coefficient (Wildman–Crippen LogP) is -6.73. The summed E-state index contributed by atoms with van der Waals surface area (Å²) in [5.74, 6) is -2.27. The van der Waals surface area contributed by atoms with Crippen LogP contribution < -0.4 is 122 Å². The second kappa shape index (κ2) is 11.4. The molecule has 0 spiro atoms. The standard InChI is InChI=1S/C12H16N5O3Si.2Rb.Y/c1-2-6-8(21-20)3-9(12(6,18)19)17-5-15-7-4-14-11(13)16-10(7)17;;;/h5-6,8-9,18-20H,2-3H2,1H3,(H2,13,14,16);;;/q-2;2*+1;/t6-,8+,9+;;;/m1.../s1. The Kier molecular flexibility index (Phi) is 12.9. The summed E-state index contributed by atoms with van der Waals surface area (Å²) in [5, 5.41) is 21.1. The first-order valence-corrected chi connectivity index (χ1v) is 7.73. The third-order valence-electron chi connectivity index (χ3n) is 4.20. The molecule has 2 aromatic rings. The Morgan fingerprint density at radius 1 is 1.46 bits per heavy atom. The number of imidazole rings is 1. The van der Waals surface area contributed by atoms with Gasteiger partial charge in [0.15, 0.2) is 5.79 Å². The minimum Gasteiger partial charge on any atom is -0.634 e. The molecule has 1 saturated carbocycles. The Hall–Kier alpha value is 3.16. The van der Waals surface area contributed by atoms with Gasteiger partial charge in [0.1, 0.15) is 5.95 Å². The summed E-state index contributed by atoms with van der Waals surface area (Å²) in [6.45, 7) is 1.88. The van der Waals surface area contributed by atoms with Crippen molar-refractivity contribution in [2.45, 2.75) is 37.1 Å². The molecule has 0 unspecified atom stereocenters. The molecule has 1 fully saturated rings. The van der Waals surface area contributed by atoms with Gasteiger partial charge in [-0.1, -0.05) is 19.8 Å². The summed E-state index contributed by atoms with van der Waals surface area (Å²) in [6.07, 6.45) is 5.15. The van der Waals surface area contributed by atoms with Crippen LogP contribution in [-0.4, -0.2) is 50.1 Å². The fourth-order valence-electron chi connectivity index (χ4n) is 3.18. The summed E-state index contributed by atoms with van der Waals surface area (Å²) in [4.78, 5) is 21.5. The van der Waals surface area contributed by atoms with Crippen molar-refractivity contribution in [1.82, 2.24) is 19.5 Å². The van der Waals surface area contributed by atoms with Crippen molar-refractivity contribution in [2.24, 2.45) is 5.92 Å². The van der Waals surface area contributed by atoms with E-state index in [2.05, 4.69) is 21.1 Å². The molecule has 2 heterocycles. The fraction of sp³-hybridized carbons (Fsp3) is 0.583. The van der Waals surface area contributed by atoms with Crippen molar-refractivity contribution in [3.05, 3.63) is 12.5 Å². The normalized spacial score (nSPS) is 24.8. The zero-order valence-corrected chi connectivity index (χ0v) is 27.7. The largest absolute Gasteiger partial charge is 1.00 e. The van der Waals surface area contributed by atoms with Gasteiger partial charge in [-0.15, -0.1) is 0 Å². The van der Waals surface area contributed by atoms with Gasteiger partial charge >= 0.3 is 116 Å². The Morgan fingerprint density at radius 2 is 2.12 bits per heavy atom. The average molecular weight is 566 g/mol. The summed E-state index contributed by atoms with van der Waals surface area (Å²) in [6, 6.07) is -0.639. The number of hydrogen-bond donors (Lipinski definition) is 4. The number of nitrogen functional groups attached to an aromatic ring is 1. The van der Waals surface area contributed by atoms with Crippen LogP contribution >= 0.6 is 0 Å². The summed E-state index contributed by atoms with van der Waals surface area (Å²) >= 11 is 0. The molecule has 8 nitrogen and oxygen atoms in total. The number of rotatable bonds is 3. The number of fused-ring (bicyclic) bond motifs is 1. The number of aliphatic hydroxyl groups is 2. The van der Waals surface area contributed by atoms with Gasteiger partial charge < -0.3 is 35.3 Å². The minimum atomic E-state index is -1.93. The third kappa shape index (κ3) is 5.20. The van der Waals surface area contributed by atoms with E-state index >= 15 is 0 Å². The number of nitrogens with zero attached hydrogens (tertiary/aromatic N) is 4. The molecule has 0 aliphatic heterocycles. The van der Waals surface area contributed by atoms with E-state index in [9.17, 15) is 15.0 Å². The molecule has 12 heteroatoms. The molecule has 24 heavy (non-hydrogen) atoms. The van der Waals surface area contributed by atoms with E-state index < -0.39 is 17.7 Å². The van der Waals surface area contributed by atoms with Crippen LogP contribution in [0.15, 0.2) is 6.33 Å². The van der Waals surface area contributed by atoms with E-state index in [-0.39, 0.29) is 170 Å². The molecule has 2 aromatic heterocycles. The van der Waals surface area contributed by atoms with Gasteiger partial charge in [-0.05, 0) is 12.1 Å². The summed E-state index contributed by atoms with van der Waals surface area (Å²) < 4.78 is 1.59. The van der Waals surface area contributed by atoms with Crippen LogP contribution in [0.5, 0.6) is 0 Å². The molecule has 0 aromatic carbocycles. The molecule has 5 N–H and O–H groups in total. The Labute approximate surface area is 265 Å². The minimum absolute atomic E-state index is 0. The van der Waals surface area contributed by atoms with Crippen LogP contribution in [0.3, 0.4) is 0 Å². The Bertz CT molecular complexity index is 677. The molecular formula is C12H16N5O3Rb2SiY. The van der Waals surface area contributed by atoms with E-state index in [1.165, 1.54) is 6.33 Å². The summed E-state index contributed by atoms with van der Waals surface area (Å²) in [7, 11) is -0.339. The van der Waals surface area contributed by atoms with Crippen LogP contribution in [0, 0.1) is 12.1 Å². The zero-order chi connectivity index (χ0) is 15.2. The van der Waals surface area contributed by atoms with Crippen molar-refractivity contribution in [3.8, 4) is 0 Å². The van der Waals surface area contributed by atoms with Gasteiger partial charge in [0.25, 0.3) is 0 Å². The number of hydrogen-bond acceptors (Lipinski definition) is 7. The van der Waals surface area contributed by atoms with Crippen LogP contribution in [-0.2, 0) is 32.7 Å². The fourth-order valence-corrected chi connectivity index (χ4v) is 4.17. The first-order chi connectivity index (χ1) is 9.98. The number of nitrogens with two attached hydrogens (primary N) is 1. The van der Waals surface area contributed by atoms with Crippen LogP contribution in [0.2, 0.25) is 5.54 Å². The first-order valence-electron chi connectivity index (χ1n) is 6.71. The molecular weight excluding hydrogens is 550 g/mol. The molecule has 0 bridgehead atoms. The number of anilines is 1. The van der Waals surface area contributed by atoms with Gasteiger partial charge in [-0.2, -0.15) is 5.54 Å². The third-order valence-corrected chi connectivity index (χ3v) is 5.17. The smallest absolute Gasteiger partial charge is 0.634 e. The Morgan fingerprint density at radius 3 is 2.67 bits per heavy atom. The topological polar surface area (TPSA) is 130 Å². The van der Waals surface area contributed by atoms with E-state index in [1.54, 1.807) is 4.57 Å². The van der Waals surface area contributed by atoms with Crippen LogP contribution in [0.1, 0.15) is 25.8 Å². The first kappa shape index (κ1) is 27.2. The quantitative estimate of drug-likeness (QED) is 0.165. The van der Waals surface area contributed by atoms with Crippen molar-refractivity contribution >= 4 is 26.9 Å². The average Bonchev–Trinajstić information content (AvgIpc) is 2.95. The molecule has 116 valence electrons. The van der Waals surface area contributed by atoms with Crippen molar-refractivity contribution in [2.75, 3.05) is 5.73 Å². The maximum atomic E-state index is 10.5. The van der Waals surface area contributed by atoms with Gasteiger partial charge in [-0.3, -0.25) is 14.7 Å². The molecule has 3 atom stereocenters. The van der Waals surface area contributed by atoms with Gasteiger partial charge in [0, 0.05) is 43.9 Å². The van der Waals surface area contributed by atoms with Gasteiger partial charge in [0.05, 0.1) is 12.4 Å². The monoisotopic (exact) mass is 565 g/mol. The van der Waals surface area contributed by atoms with Gasteiger partial charge in [0.2, 0.25) is 0 Å². The van der Waals surface area contributed by atoms with E-state index in [1.807, 2.05) is 6.92 Å². The van der Waals surface area contributed by atoms with Crippen LogP contribution in [0.4, 0.5) is 5.95 Å². The predicted molar refractivity (Wildman–Crippen MR) is 74.9 cm³/mol. The van der Waals surface area contributed by atoms with Crippen molar-refractivity contribution < 1.29 is 164 Å². The van der Waals surface area contributed by atoms with Crippen LogP contribution in [0.25, 0.3) is 11.2 Å². The molecule has 3 rings (SSSR count). The van der Waals surface area contributed by atoms with Crippen molar-refractivity contribution in [1.29, 1.82) is 0 Å². The zero-order valence-electron chi connectivity index (χ0n) is 14.0. The molecule has 1 aliphatic rings. The molecule has 2 radical (unpaired) electrons. The molecule has 0 amide bonds. The Balaban J connectivity index is 0.00000176. The van der Waals surface area contributed by atoms with Crippen molar-refractivity contribution in [3.63, 3.8) is 0 Å². The SMILES string of the molecule is CC[C@@H]1[C@@H]([Si-]O)C[C@H](n2cnc3[c-]nc(N)nc32)C1(O)O.[Rb+].[Rb+].[Y]. The maximum absolute atomic E-state index is 10.5. The second-order valence-corrected chi connectivity index (χ2v) is 6.30. The van der Waals surface area contributed by atoms with E-state index in [0.29, 0.717) is 24.0 Å². The second-order valence-electron chi connectivity index (χ2n) is 5.30. The molecule has 1 aliphatic carbocycles. The van der Waals surface area contributed by atoms with E-state index in [4.69, 9.17) is 5.73 Å². The van der Waals surface area contributed by atoms with E-state index in [0.717, 1.165) is 0 Å². The number of aromatic nitrogens is 4. The molecule has 0 saturated heterocycles. The summed E-state index contributed by atoms with van der Waals surface area (Å²) in [5.41, 5.74) is 6.24. The maximum Gasteiger partial charge on any atom is 1.00 e.